The van der Waals surface area contributed by atoms with E-state index in [0.717, 1.165) is 18.4 Å². The van der Waals surface area contributed by atoms with E-state index in [4.69, 9.17) is 0 Å². The molecule has 0 aliphatic heterocycles. The van der Waals surface area contributed by atoms with Crippen molar-refractivity contribution in [3.05, 3.63) is 18.0 Å². The Hall–Kier alpha value is -0.350. The van der Waals surface area contributed by atoms with Gasteiger partial charge in [-0.2, -0.15) is 5.10 Å². The topological polar surface area (TPSA) is 21.1 Å². The Balaban J connectivity index is 2.55. The van der Waals surface area contributed by atoms with Gasteiger partial charge in [-0.25, -0.2) is 0 Å². The predicted molar refractivity (Wildman–Crippen MR) is 62.5 cm³/mol. The second kappa shape index (κ2) is 5.51. The third kappa shape index (κ3) is 3.42. The van der Waals surface area contributed by atoms with E-state index in [1.54, 1.807) is 0 Å². The Morgan fingerprint density at radius 2 is 2.29 bits per heavy atom. The molecule has 80 valence electrons. The van der Waals surface area contributed by atoms with Crippen molar-refractivity contribution in [2.75, 3.05) is 11.9 Å². The second-order valence-corrected chi connectivity index (χ2v) is 4.57. The van der Waals surface area contributed by atoms with Crippen LogP contribution >= 0.6 is 15.9 Å². The molecule has 0 fully saturated rings. The Bertz CT molecular complexity index is 270. The first-order chi connectivity index (χ1) is 6.63. The van der Waals surface area contributed by atoms with E-state index in [9.17, 15) is 0 Å². The smallest absolute Gasteiger partial charge is 0.0534 e. The first kappa shape index (κ1) is 11.7. The summed E-state index contributed by atoms with van der Waals surface area (Å²) in [5.41, 5.74) is 1.28. The van der Waals surface area contributed by atoms with Crippen LogP contribution in [0, 0.1) is 0 Å². The molecule has 0 aromatic carbocycles. The van der Waals surface area contributed by atoms with E-state index in [2.05, 4.69) is 46.0 Å². The van der Waals surface area contributed by atoms with Gasteiger partial charge in [0.1, 0.15) is 0 Å². The Labute approximate surface area is 94.2 Å². The van der Waals surface area contributed by atoms with Crippen molar-refractivity contribution < 1.29 is 0 Å². The SMILES string of the molecule is CC(C)N(CCBr)Cc1cnn(C)c1. The van der Waals surface area contributed by atoms with Crippen LogP contribution in [0.25, 0.3) is 0 Å². The Morgan fingerprint density at radius 3 is 2.71 bits per heavy atom. The average Bonchev–Trinajstić information content (AvgIpc) is 2.50. The third-order valence-corrected chi connectivity index (χ3v) is 2.60. The van der Waals surface area contributed by atoms with Gasteiger partial charge in [0.15, 0.2) is 0 Å². The number of alkyl halides is 1. The molecule has 1 aromatic rings. The minimum Gasteiger partial charge on any atom is -0.296 e. The molecule has 1 aromatic heterocycles. The average molecular weight is 260 g/mol. The number of aromatic nitrogens is 2. The molecule has 14 heavy (non-hydrogen) atoms. The number of nitrogens with zero attached hydrogens (tertiary/aromatic N) is 3. The zero-order chi connectivity index (χ0) is 10.6. The van der Waals surface area contributed by atoms with Crippen molar-refractivity contribution in [2.24, 2.45) is 7.05 Å². The highest BCUT2D eigenvalue weighted by Gasteiger charge is 2.09. The third-order valence-electron chi connectivity index (χ3n) is 2.25. The van der Waals surface area contributed by atoms with Gasteiger partial charge in [0.2, 0.25) is 0 Å². The molecular weight excluding hydrogens is 242 g/mol. The molecule has 0 amide bonds. The molecule has 1 rings (SSSR count). The maximum atomic E-state index is 4.17. The summed E-state index contributed by atoms with van der Waals surface area (Å²) in [6.07, 6.45) is 4.01. The molecule has 1 heterocycles. The van der Waals surface area contributed by atoms with Crippen LogP contribution in [0.15, 0.2) is 12.4 Å². The minimum atomic E-state index is 0.577. The van der Waals surface area contributed by atoms with Gasteiger partial charge in [0.05, 0.1) is 6.20 Å². The number of halogens is 1. The molecule has 0 atom stereocenters. The van der Waals surface area contributed by atoms with Crippen molar-refractivity contribution in [1.82, 2.24) is 14.7 Å². The summed E-state index contributed by atoms with van der Waals surface area (Å²) in [6, 6.07) is 0.577. The monoisotopic (exact) mass is 259 g/mol. The van der Waals surface area contributed by atoms with Gasteiger partial charge in [-0.1, -0.05) is 15.9 Å². The summed E-state index contributed by atoms with van der Waals surface area (Å²) in [4.78, 5) is 2.42. The van der Waals surface area contributed by atoms with Gasteiger partial charge in [0, 0.05) is 43.3 Å². The van der Waals surface area contributed by atoms with Crippen LogP contribution < -0.4 is 0 Å². The molecule has 0 N–H and O–H groups in total. The van der Waals surface area contributed by atoms with Crippen LogP contribution in [0.4, 0.5) is 0 Å². The summed E-state index contributed by atoms with van der Waals surface area (Å²) in [6.45, 7) is 6.50. The standard InChI is InChI=1S/C10H18BrN3/c1-9(2)14(5-4-11)8-10-6-12-13(3)7-10/h6-7,9H,4-5,8H2,1-3H3. The summed E-state index contributed by atoms with van der Waals surface area (Å²) in [7, 11) is 1.95. The van der Waals surface area contributed by atoms with Gasteiger partial charge in [-0.3, -0.25) is 9.58 Å². The molecule has 0 bridgehead atoms. The highest BCUT2D eigenvalue weighted by atomic mass is 79.9. The number of aryl methyl sites for hydroxylation is 1. The number of hydrogen-bond acceptors (Lipinski definition) is 2. The highest BCUT2D eigenvalue weighted by Crippen LogP contribution is 2.07. The quantitative estimate of drug-likeness (QED) is 0.755. The van der Waals surface area contributed by atoms with Crippen LogP contribution in [-0.4, -0.2) is 32.6 Å². The van der Waals surface area contributed by atoms with Crippen molar-refractivity contribution in [1.29, 1.82) is 0 Å². The minimum absolute atomic E-state index is 0.577. The Kier molecular flexibility index (Phi) is 4.62. The highest BCUT2D eigenvalue weighted by molar-refractivity contribution is 9.09. The molecule has 0 radical (unpaired) electrons. The van der Waals surface area contributed by atoms with E-state index in [0.29, 0.717) is 6.04 Å². The number of hydrogen-bond donors (Lipinski definition) is 0. The van der Waals surface area contributed by atoms with E-state index >= 15 is 0 Å². The van der Waals surface area contributed by atoms with Crippen molar-refractivity contribution in [3.8, 4) is 0 Å². The summed E-state index contributed by atoms with van der Waals surface area (Å²) >= 11 is 3.47. The van der Waals surface area contributed by atoms with Gasteiger partial charge in [-0.05, 0) is 13.8 Å². The van der Waals surface area contributed by atoms with Gasteiger partial charge >= 0.3 is 0 Å². The van der Waals surface area contributed by atoms with Crippen molar-refractivity contribution in [2.45, 2.75) is 26.4 Å². The van der Waals surface area contributed by atoms with Crippen LogP contribution in [0.3, 0.4) is 0 Å². The lowest BCUT2D eigenvalue weighted by atomic mass is 10.2. The fraction of sp³-hybridized carbons (Fsp3) is 0.700. The molecule has 3 nitrogen and oxygen atoms in total. The van der Waals surface area contributed by atoms with Crippen LogP contribution in [-0.2, 0) is 13.6 Å². The van der Waals surface area contributed by atoms with E-state index in [1.165, 1.54) is 5.56 Å². The summed E-state index contributed by atoms with van der Waals surface area (Å²) < 4.78 is 1.85. The van der Waals surface area contributed by atoms with E-state index in [-0.39, 0.29) is 0 Å². The lowest BCUT2D eigenvalue weighted by molar-refractivity contribution is 0.227. The van der Waals surface area contributed by atoms with Crippen molar-refractivity contribution in [3.63, 3.8) is 0 Å². The molecular formula is C10H18BrN3. The molecule has 0 unspecified atom stereocenters. The molecule has 0 saturated carbocycles. The largest absolute Gasteiger partial charge is 0.296 e. The fourth-order valence-electron chi connectivity index (χ4n) is 1.42. The second-order valence-electron chi connectivity index (χ2n) is 3.78. The van der Waals surface area contributed by atoms with Gasteiger partial charge in [-0.15, -0.1) is 0 Å². The normalized spacial score (nSPS) is 11.6. The Morgan fingerprint density at radius 1 is 1.57 bits per heavy atom. The first-order valence-electron chi connectivity index (χ1n) is 4.91. The first-order valence-corrected chi connectivity index (χ1v) is 6.03. The predicted octanol–water partition coefficient (Wildman–Crippen LogP) is 2.03. The van der Waals surface area contributed by atoms with Gasteiger partial charge < -0.3 is 0 Å². The lowest BCUT2D eigenvalue weighted by Crippen LogP contribution is -2.31. The molecule has 0 saturated heterocycles. The molecule has 0 aliphatic carbocycles. The zero-order valence-corrected chi connectivity index (χ0v) is 10.7. The zero-order valence-electron chi connectivity index (χ0n) is 9.07. The summed E-state index contributed by atoms with van der Waals surface area (Å²) in [5.74, 6) is 0. The number of rotatable bonds is 5. The molecule has 4 heteroatoms. The molecule has 0 aliphatic rings. The van der Waals surface area contributed by atoms with Crippen LogP contribution in [0.2, 0.25) is 0 Å². The maximum absolute atomic E-state index is 4.17. The molecule has 0 spiro atoms. The maximum Gasteiger partial charge on any atom is 0.0534 e. The lowest BCUT2D eigenvalue weighted by Gasteiger charge is -2.24. The van der Waals surface area contributed by atoms with Crippen molar-refractivity contribution >= 4 is 15.9 Å². The van der Waals surface area contributed by atoms with E-state index < -0.39 is 0 Å². The van der Waals surface area contributed by atoms with E-state index in [1.807, 2.05) is 17.9 Å². The van der Waals surface area contributed by atoms with Gasteiger partial charge in [0.25, 0.3) is 0 Å². The fourth-order valence-corrected chi connectivity index (χ4v) is 1.87. The van der Waals surface area contributed by atoms with Crippen LogP contribution in [0.5, 0.6) is 0 Å². The van der Waals surface area contributed by atoms with Crippen LogP contribution in [0.1, 0.15) is 19.4 Å². The summed E-state index contributed by atoms with van der Waals surface area (Å²) in [5, 5.41) is 5.19.